The van der Waals surface area contributed by atoms with E-state index in [2.05, 4.69) is 55.7 Å². The summed E-state index contributed by atoms with van der Waals surface area (Å²) in [7, 11) is 0. The minimum Gasteiger partial charge on any atom is -0.494 e. The molecule has 4 aromatic rings. The third-order valence-electron chi connectivity index (χ3n) is 4.70. The lowest BCUT2D eigenvalue weighted by molar-refractivity contribution is 0.0929. The van der Waals surface area contributed by atoms with Crippen LogP contribution in [-0.2, 0) is 6.61 Å². The van der Waals surface area contributed by atoms with Crippen molar-refractivity contribution >= 4 is 68.3 Å². The quantitative estimate of drug-likeness (QED) is 0.130. The molecule has 174 valence electrons. The van der Waals surface area contributed by atoms with Crippen LogP contribution in [-0.4, -0.2) is 18.7 Å². The zero-order chi connectivity index (χ0) is 24.1. The molecule has 4 rings (SSSR count). The standard InChI is InChI=1S/C25H19FI2N2O4/c1-2-32-19-6-7-22-17(11-19)12-23(34-22)25(31)30-29-13-16-9-20(27)24(21(28)10-16)33-14-15-4-3-5-18(26)8-15/h3-13H,2,14H2,1H3,(H,30,31)/b29-13+. The Morgan fingerprint density at radius 1 is 1.09 bits per heavy atom. The smallest absolute Gasteiger partial charge is 0.307 e. The molecule has 0 radical (unpaired) electrons. The minimum absolute atomic E-state index is 0.158. The van der Waals surface area contributed by atoms with Crippen molar-refractivity contribution in [1.82, 2.24) is 5.43 Å². The fourth-order valence-corrected chi connectivity index (χ4v) is 5.31. The van der Waals surface area contributed by atoms with Gasteiger partial charge in [-0.1, -0.05) is 12.1 Å². The summed E-state index contributed by atoms with van der Waals surface area (Å²) in [6, 6.07) is 17.1. The van der Waals surface area contributed by atoms with E-state index in [1.165, 1.54) is 12.1 Å². The minimum atomic E-state index is -0.454. The summed E-state index contributed by atoms with van der Waals surface area (Å²) in [5.74, 6) is 0.835. The fourth-order valence-electron chi connectivity index (χ4n) is 3.18. The number of carbonyl (C=O) groups is 1. The van der Waals surface area contributed by atoms with E-state index in [9.17, 15) is 9.18 Å². The van der Waals surface area contributed by atoms with E-state index in [4.69, 9.17) is 13.9 Å². The third kappa shape index (κ3) is 6.06. The number of hydrogen-bond donors (Lipinski definition) is 1. The van der Waals surface area contributed by atoms with Crippen LogP contribution in [0.5, 0.6) is 11.5 Å². The van der Waals surface area contributed by atoms with E-state index in [1.54, 1.807) is 30.5 Å². The number of hydrazone groups is 1. The Bertz CT molecular complexity index is 1350. The van der Waals surface area contributed by atoms with Gasteiger partial charge in [0.25, 0.3) is 0 Å². The Balaban J connectivity index is 1.40. The molecule has 0 fully saturated rings. The Kier molecular flexibility index (Phi) is 8.03. The molecular weight excluding hydrogens is 665 g/mol. The number of hydrogen-bond acceptors (Lipinski definition) is 5. The first-order valence-corrected chi connectivity index (χ1v) is 12.4. The number of nitrogens with zero attached hydrogens (tertiary/aromatic N) is 1. The van der Waals surface area contributed by atoms with Gasteiger partial charge < -0.3 is 13.9 Å². The zero-order valence-electron chi connectivity index (χ0n) is 18.0. The summed E-state index contributed by atoms with van der Waals surface area (Å²) in [4.78, 5) is 12.4. The lowest BCUT2D eigenvalue weighted by Crippen LogP contribution is -2.16. The highest BCUT2D eigenvalue weighted by molar-refractivity contribution is 14.1. The molecule has 1 heterocycles. The van der Waals surface area contributed by atoms with Gasteiger partial charge in [-0.2, -0.15) is 5.10 Å². The average molecular weight is 684 g/mol. The van der Waals surface area contributed by atoms with Gasteiger partial charge in [-0.05, 0) is 112 Å². The normalized spacial score (nSPS) is 11.2. The predicted octanol–water partition coefficient (Wildman–Crippen LogP) is 6.52. The number of ether oxygens (including phenoxy) is 2. The van der Waals surface area contributed by atoms with Gasteiger partial charge in [0, 0.05) is 5.39 Å². The number of rotatable bonds is 8. The molecule has 0 aliphatic rings. The highest BCUT2D eigenvalue weighted by Gasteiger charge is 2.13. The van der Waals surface area contributed by atoms with Gasteiger partial charge in [0.2, 0.25) is 0 Å². The highest BCUT2D eigenvalue weighted by Crippen LogP contribution is 2.29. The summed E-state index contributed by atoms with van der Waals surface area (Å²) in [6.07, 6.45) is 1.55. The summed E-state index contributed by atoms with van der Waals surface area (Å²) in [5, 5.41) is 4.83. The second-order valence-corrected chi connectivity index (χ2v) is 9.50. The van der Waals surface area contributed by atoms with Gasteiger partial charge in [0.05, 0.1) is 20.0 Å². The number of furan rings is 1. The van der Waals surface area contributed by atoms with Gasteiger partial charge in [-0.15, -0.1) is 0 Å². The predicted molar refractivity (Wildman–Crippen MR) is 145 cm³/mol. The van der Waals surface area contributed by atoms with Crippen LogP contribution in [0.15, 0.2) is 70.2 Å². The maximum absolute atomic E-state index is 13.4. The van der Waals surface area contributed by atoms with Crippen molar-refractivity contribution in [1.29, 1.82) is 0 Å². The number of benzene rings is 3. The van der Waals surface area contributed by atoms with Gasteiger partial charge >= 0.3 is 5.91 Å². The van der Waals surface area contributed by atoms with Crippen LogP contribution in [0.25, 0.3) is 11.0 Å². The van der Waals surface area contributed by atoms with Crippen molar-refractivity contribution in [3.05, 3.63) is 90.5 Å². The van der Waals surface area contributed by atoms with E-state index in [-0.39, 0.29) is 18.2 Å². The first-order valence-electron chi connectivity index (χ1n) is 10.3. The summed E-state index contributed by atoms with van der Waals surface area (Å²) >= 11 is 4.35. The molecule has 0 spiro atoms. The number of halogens is 3. The second kappa shape index (κ2) is 11.2. The van der Waals surface area contributed by atoms with E-state index < -0.39 is 5.91 Å². The highest BCUT2D eigenvalue weighted by atomic mass is 127. The Morgan fingerprint density at radius 2 is 1.88 bits per heavy atom. The molecule has 1 N–H and O–H groups in total. The van der Waals surface area contributed by atoms with Crippen LogP contribution in [0, 0.1) is 13.0 Å². The molecule has 0 atom stereocenters. The van der Waals surface area contributed by atoms with Crippen LogP contribution in [0.2, 0.25) is 0 Å². The molecule has 0 aliphatic heterocycles. The Labute approximate surface area is 222 Å². The van der Waals surface area contributed by atoms with E-state index in [0.29, 0.717) is 23.7 Å². The molecule has 1 amide bonds. The molecule has 6 nitrogen and oxygen atoms in total. The molecule has 0 aliphatic carbocycles. The number of nitrogens with one attached hydrogen (secondary N) is 1. The second-order valence-electron chi connectivity index (χ2n) is 7.17. The van der Waals surface area contributed by atoms with Crippen molar-refractivity contribution < 1.29 is 23.1 Å². The monoisotopic (exact) mass is 684 g/mol. The maximum Gasteiger partial charge on any atom is 0.307 e. The fraction of sp³-hybridized carbons (Fsp3) is 0.120. The molecule has 3 aromatic carbocycles. The summed E-state index contributed by atoms with van der Waals surface area (Å²) in [5.41, 5.74) is 4.62. The van der Waals surface area contributed by atoms with Gasteiger partial charge in [0.15, 0.2) is 5.76 Å². The van der Waals surface area contributed by atoms with Crippen LogP contribution < -0.4 is 14.9 Å². The number of fused-ring (bicyclic) bond motifs is 1. The molecule has 1 aromatic heterocycles. The maximum atomic E-state index is 13.4. The van der Waals surface area contributed by atoms with Crippen LogP contribution >= 0.6 is 45.2 Å². The van der Waals surface area contributed by atoms with Crippen molar-refractivity contribution in [3.8, 4) is 11.5 Å². The Morgan fingerprint density at radius 3 is 2.62 bits per heavy atom. The van der Waals surface area contributed by atoms with E-state index >= 15 is 0 Å². The molecule has 0 saturated heterocycles. The van der Waals surface area contributed by atoms with Crippen LogP contribution in [0.4, 0.5) is 4.39 Å². The molecule has 9 heteroatoms. The number of carbonyl (C=O) groups excluding carboxylic acids is 1. The van der Waals surface area contributed by atoms with Gasteiger partial charge in [-0.3, -0.25) is 4.79 Å². The summed E-state index contributed by atoms with van der Waals surface area (Å²) < 4.78 is 32.1. The molecule has 0 bridgehead atoms. The summed E-state index contributed by atoms with van der Waals surface area (Å²) in [6.45, 7) is 2.73. The van der Waals surface area contributed by atoms with Crippen molar-refractivity contribution in [3.63, 3.8) is 0 Å². The average Bonchev–Trinajstić information content (AvgIpc) is 3.22. The molecule has 34 heavy (non-hydrogen) atoms. The van der Waals surface area contributed by atoms with Crippen molar-refractivity contribution in [2.45, 2.75) is 13.5 Å². The zero-order valence-corrected chi connectivity index (χ0v) is 22.3. The van der Waals surface area contributed by atoms with E-state index in [1.807, 2.05) is 31.2 Å². The Hall–Kier alpha value is -2.67. The van der Waals surface area contributed by atoms with Crippen LogP contribution in [0.1, 0.15) is 28.6 Å². The first kappa shape index (κ1) is 24.5. The topological polar surface area (TPSA) is 73.1 Å². The van der Waals surface area contributed by atoms with E-state index in [0.717, 1.165) is 23.7 Å². The van der Waals surface area contributed by atoms with Gasteiger partial charge in [0.1, 0.15) is 29.5 Å². The number of amides is 1. The largest absolute Gasteiger partial charge is 0.494 e. The van der Waals surface area contributed by atoms with Crippen LogP contribution in [0.3, 0.4) is 0 Å². The molecular formula is C25H19FI2N2O4. The molecule has 0 unspecified atom stereocenters. The third-order valence-corrected chi connectivity index (χ3v) is 6.30. The van der Waals surface area contributed by atoms with Crippen molar-refractivity contribution in [2.24, 2.45) is 5.10 Å². The van der Waals surface area contributed by atoms with Crippen molar-refractivity contribution in [2.75, 3.05) is 6.61 Å². The lowest BCUT2D eigenvalue weighted by Gasteiger charge is -2.11. The lowest BCUT2D eigenvalue weighted by atomic mass is 10.2. The molecule has 0 saturated carbocycles. The first-order chi connectivity index (χ1) is 16.4. The SMILES string of the molecule is CCOc1ccc2oc(C(=O)N/N=C/c3cc(I)c(OCc4cccc(F)c4)c(I)c3)cc2c1. The van der Waals surface area contributed by atoms with Gasteiger partial charge in [-0.25, -0.2) is 9.82 Å².